The fourth-order valence-corrected chi connectivity index (χ4v) is 3.22. The summed E-state index contributed by atoms with van der Waals surface area (Å²) in [4.78, 5) is 27.3. The molecule has 2 amide bonds. The van der Waals surface area contributed by atoms with Crippen molar-refractivity contribution in [2.45, 2.75) is 39.8 Å². The lowest BCUT2D eigenvalue weighted by Gasteiger charge is -2.26. The van der Waals surface area contributed by atoms with Gasteiger partial charge in [-0.2, -0.15) is 0 Å². The van der Waals surface area contributed by atoms with Crippen LogP contribution in [0.25, 0.3) is 0 Å². The molecule has 0 aliphatic carbocycles. The largest absolute Gasteiger partial charge is 0.340 e. The van der Waals surface area contributed by atoms with Gasteiger partial charge in [0.05, 0.1) is 0 Å². The van der Waals surface area contributed by atoms with Gasteiger partial charge in [-0.15, -0.1) is 0 Å². The molecule has 0 fully saturated rings. The lowest BCUT2D eigenvalue weighted by atomic mass is 10.0. The fraction of sp³-hybridized carbons (Fsp3) is 0.364. The van der Waals surface area contributed by atoms with Gasteiger partial charge in [0.2, 0.25) is 5.91 Å². The van der Waals surface area contributed by atoms with E-state index in [2.05, 4.69) is 5.32 Å². The molecule has 1 unspecified atom stereocenters. The third kappa shape index (κ3) is 6.10. The van der Waals surface area contributed by atoms with E-state index < -0.39 is 6.04 Å². The van der Waals surface area contributed by atoms with Gasteiger partial charge in [-0.3, -0.25) is 9.59 Å². The Kier molecular flexibility index (Phi) is 7.43. The molecular formula is C22H27ClN2O2. The van der Waals surface area contributed by atoms with E-state index in [1.807, 2.05) is 57.2 Å². The highest BCUT2D eigenvalue weighted by Crippen LogP contribution is 2.15. The van der Waals surface area contributed by atoms with Gasteiger partial charge in [0.25, 0.3) is 5.91 Å². The average molecular weight is 387 g/mol. The molecule has 0 aliphatic heterocycles. The average Bonchev–Trinajstić information content (AvgIpc) is 2.60. The van der Waals surface area contributed by atoms with Crippen LogP contribution in [0, 0.1) is 12.8 Å². The number of benzene rings is 2. The molecule has 0 aliphatic rings. The summed E-state index contributed by atoms with van der Waals surface area (Å²) >= 11 is 6.03. The molecule has 0 bridgehead atoms. The standard InChI is InChI=1S/C22H27ClN2O2/c1-15(2)12-20(24-21(26)19-11-6-5-8-16(19)3)22(27)25(4)14-17-9-7-10-18(23)13-17/h5-11,13,15,20H,12,14H2,1-4H3,(H,24,26). The highest BCUT2D eigenvalue weighted by atomic mass is 35.5. The second-order valence-electron chi connectivity index (χ2n) is 7.29. The number of carbonyl (C=O) groups is 2. The SMILES string of the molecule is Cc1ccccc1C(=O)NC(CC(C)C)C(=O)N(C)Cc1cccc(Cl)c1. The lowest BCUT2D eigenvalue weighted by molar-refractivity contribution is -0.132. The summed E-state index contributed by atoms with van der Waals surface area (Å²) in [6, 6.07) is 14.2. The Morgan fingerprint density at radius 2 is 1.81 bits per heavy atom. The fourth-order valence-electron chi connectivity index (χ4n) is 3.01. The van der Waals surface area contributed by atoms with E-state index in [9.17, 15) is 9.59 Å². The first-order chi connectivity index (χ1) is 12.8. The number of nitrogens with one attached hydrogen (secondary N) is 1. The molecule has 0 radical (unpaired) electrons. The zero-order chi connectivity index (χ0) is 20.0. The minimum Gasteiger partial charge on any atom is -0.340 e. The predicted octanol–water partition coefficient (Wildman–Crippen LogP) is 4.45. The Morgan fingerprint density at radius 3 is 2.44 bits per heavy atom. The van der Waals surface area contributed by atoms with Gasteiger partial charge in [0.1, 0.15) is 6.04 Å². The molecule has 0 heterocycles. The number of likely N-dealkylation sites (N-methyl/N-ethyl adjacent to an activating group) is 1. The zero-order valence-corrected chi connectivity index (χ0v) is 17.1. The Morgan fingerprint density at radius 1 is 1.11 bits per heavy atom. The number of halogens is 1. The quantitative estimate of drug-likeness (QED) is 0.764. The molecule has 1 atom stereocenters. The van der Waals surface area contributed by atoms with Crippen LogP contribution in [0.2, 0.25) is 5.02 Å². The van der Waals surface area contributed by atoms with Crippen LogP contribution in [-0.4, -0.2) is 29.8 Å². The highest BCUT2D eigenvalue weighted by molar-refractivity contribution is 6.30. The van der Waals surface area contributed by atoms with Crippen molar-refractivity contribution in [3.05, 3.63) is 70.2 Å². The van der Waals surface area contributed by atoms with Crippen molar-refractivity contribution in [1.29, 1.82) is 0 Å². The van der Waals surface area contributed by atoms with Gasteiger partial charge >= 0.3 is 0 Å². The number of hydrogen-bond donors (Lipinski definition) is 1. The van der Waals surface area contributed by atoms with Crippen LogP contribution in [0.3, 0.4) is 0 Å². The first kappa shape index (κ1) is 21.0. The van der Waals surface area contributed by atoms with Crippen LogP contribution in [0.15, 0.2) is 48.5 Å². The van der Waals surface area contributed by atoms with E-state index >= 15 is 0 Å². The van der Waals surface area contributed by atoms with E-state index in [0.29, 0.717) is 23.6 Å². The summed E-state index contributed by atoms with van der Waals surface area (Å²) in [6.07, 6.45) is 0.580. The molecule has 5 heteroatoms. The topological polar surface area (TPSA) is 49.4 Å². The number of carbonyl (C=O) groups excluding carboxylic acids is 2. The monoisotopic (exact) mass is 386 g/mol. The molecule has 0 saturated heterocycles. The van der Waals surface area contributed by atoms with E-state index in [-0.39, 0.29) is 17.7 Å². The maximum atomic E-state index is 13.0. The second-order valence-corrected chi connectivity index (χ2v) is 7.73. The van der Waals surface area contributed by atoms with E-state index in [1.54, 1.807) is 24.1 Å². The summed E-state index contributed by atoms with van der Waals surface area (Å²) in [5, 5.41) is 3.57. The van der Waals surface area contributed by atoms with Crippen LogP contribution in [0.4, 0.5) is 0 Å². The van der Waals surface area contributed by atoms with E-state index in [0.717, 1.165) is 11.1 Å². The summed E-state index contributed by atoms with van der Waals surface area (Å²) < 4.78 is 0. The molecule has 4 nitrogen and oxygen atoms in total. The third-order valence-electron chi connectivity index (χ3n) is 4.39. The van der Waals surface area contributed by atoms with Gasteiger partial charge < -0.3 is 10.2 Å². The summed E-state index contributed by atoms with van der Waals surface area (Å²) in [5.74, 6) is -0.0513. The Balaban J connectivity index is 2.13. The molecule has 0 aromatic heterocycles. The number of rotatable bonds is 7. The van der Waals surface area contributed by atoms with Crippen molar-refractivity contribution < 1.29 is 9.59 Å². The molecule has 0 spiro atoms. The van der Waals surface area contributed by atoms with E-state index in [1.165, 1.54) is 0 Å². The van der Waals surface area contributed by atoms with Crippen LogP contribution < -0.4 is 5.32 Å². The molecule has 2 aromatic carbocycles. The number of aryl methyl sites for hydroxylation is 1. The van der Waals surface area contributed by atoms with Gasteiger partial charge in [-0.05, 0) is 48.6 Å². The molecule has 1 N–H and O–H groups in total. The number of amides is 2. The van der Waals surface area contributed by atoms with Crippen molar-refractivity contribution in [2.24, 2.45) is 5.92 Å². The van der Waals surface area contributed by atoms with Gasteiger partial charge in [0, 0.05) is 24.2 Å². The van der Waals surface area contributed by atoms with Crippen molar-refractivity contribution in [2.75, 3.05) is 7.05 Å². The van der Waals surface area contributed by atoms with Crippen molar-refractivity contribution >= 4 is 23.4 Å². The molecular weight excluding hydrogens is 360 g/mol. The Hall–Kier alpha value is -2.33. The second kappa shape index (κ2) is 9.56. The maximum Gasteiger partial charge on any atom is 0.252 e. The number of nitrogens with zero attached hydrogens (tertiary/aromatic N) is 1. The number of hydrogen-bond acceptors (Lipinski definition) is 2. The maximum absolute atomic E-state index is 13.0. The first-order valence-electron chi connectivity index (χ1n) is 9.14. The van der Waals surface area contributed by atoms with Crippen molar-refractivity contribution in [3.63, 3.8) is 0 Å². The Labute approximate surface area is 166 Å². The predicted molar refractivity (Wildman–Crippen MR) is 110 cm³/mol. The smallest absolute Gasteiger partial charge is 0.252 e. The van der Waals surface area contributed by atoms with Gasteiger partial charge in [0.15, 0.2) is 0 Å². The minimum absolute atomic E-state index is 0.106. The Bertz CT molecular complexity index is 804. The lowest BCUT2D eigenvalue weighted by Crippen LogP contribution is -2.47. The van der Waals surface area contributed by atoms with Crippen LogP contribution in [0.1, 0.15) is 41.8 Å². The molecule has 0 saturated carbocycles. The van der Waals surface area contributed by atoms with Gasteiger partial charge in [-0.1, -0.05) is 55.8 Å². The first-order valence-corrected chi connectivity index (χ1v) is 9.51. The molecule has 144 valence electrons. The normalized spacial score (nSPS) is 11.9. The van der Waals surface area contributed by atoms with Gasteiger partial charge in [-0.25, -0.2) is 0 Å². The summed E-state index contributed by atoms with van der Waals surface area (Å²) in [5.41, 5.74) is 2.43. The summed E-state index contributed by atoms with van der Waals surface area (Å²) in [7, 11) is 1.75. The molecule has 2 rings (SSSR count). The van der Waals surface area contributed by atoms with E-state index in [4.69, 9.17) is 11.6 Å². The third-order valence-corrected chi connectivity index (χ3v) is 4.62. The van der Waals surface area contributed by atoms with Crippen LogP contribution in [0.5, 0.6) is 0 Å². The highest BCUT2D eigenvalue weighted by Gasteiger charge is 2.25. The molecule has 2 aromatic rings. The van der Waals surface area contributed by atoms with Crippen LogP contribution >= 0.6 is 11.6 Å². The van der Waals surface area contributed by atoms with Crippen molar-refractivity contribution in [1.82, 2.24) is 10.2 Å². The van der Waals surface area contributed by atoms with Crippen LogP contribution in [-0.2, 0) is 11.3 Å². The summed E-state index contributed by atoms with van der Waals surface area (Å²) in [6.45, 7) is 6.40. The zero-order valence-electron chi connectivity index (χ0n) is 16.3. The van der Waals surface area contributed by atoms with Crippen molar-refractivity contribution in [3.8, 4) is 0 Å². The minimum atomic E-state index is -0.568. The molecule has 27 heavy (non-hydrogen) atoms.